The molecule has 0 nitrogen and oxygen atoms in total. The van der Waals surface area contributed by atoms with Gasteiger partial charge in [0.25, 0.3) is 0 Å². The lowest BCUT2D eigenvalue weighted by Gasteiger charge is -2.24. The van der Waals surface area contributed by atoms with Crippen molar-refractivity contribution >= 4 is 0 Å². The third kappa shape index (κ3) is 4.58. The molecule has 0 atom stereocenters. The molecule has 1 fully saturated rings. The van der Waals surface area contributed by atoms with Crippen molar-refractivity contribution in [3.63, 3.8) is 0 Å². The van der Waals surface area contributed by atoms with E-state index in [-0.39, 0.29) is 0 Å². The maximum atomic E-state index is 2.33. The molecule has 0 amide bonds. The third-order valence-electron chi connectivity index (χ3n) is 4.76. The van der Waals surface area contributed by atoms with Crippen molar-refractivity contribution in [2.45, 2.75) is 38.0 Å². The fourth-order valence-electron chi connectivity index (χ4n) is 3.53. The maximum absolute atomic E-state index is 2.33. The molecule has 24 heavy (non-hydrogen) atoms. The smallest absolute Gasteiger partial charge is 0.0149 e. The van der Waals surface area contributed by atoms with Crippen molar-refractivity contribution in [1.29, 1.82) is 0 Å². The molecule has 0 radical (unpaired) electrons. The van der Waals surface area contributed by atoms with Crippen LogP contribution in [0.25, 0.3) is 11.1 Å². The standard InChI is InChI=1S/C18H20.C6H6/c1-3-9-15(10-4-1)17-13-7-8-14-18(17)16-11-5-2-6-12-16;1-2-4-6-5-3-1/h1,3-4,7-10,13-14,16H,2,5-6,11-12H2;1-6H. The molecule has 0 heteroatoms. The Balaban J connectivity index is 0.000000238. The first-order valence-electron chi connectivity index (χ1n) is 9.09. The van der Waals surface area contributed by atoms with Crippen LogP contribution in [-0.4, -0.2) is 0 Å². The lowest BCUT2D eigenvalue weighted by atomic mass is 9.81. The molecule has 3 aromatic carbocycles. The molecule has 122 valence electrons. The first-order valence-corrected chi connectivity index (χ1v) is 9.09. The van der Waals surface area contributed by atoms with Gasteiger partial charge >= 0.3 is 0 Å². The molecular weight excluding hydrogens is 288 g/mol. The zero-order chi connectivity index (χ0) is 16.5. The predicted molar refractivity (Wildman–Crippen MR) is 104 cm³/mol. The quantitative estimate of drug-likeness (QED) is 0.473. The van der Waals surface area contributed by atoms with E-state index in [9.17, 15) is 0 Å². The van der Waals surface area contributed by atoms with Gasteiger partial charge in [0.2, 0.25) is 0 Å². The SMILES string of the molecule is c1ccc(-c2ccccc2C2CCCCC2)cc1.c1ccccc1. The van der Waals surface area contributed by atoms with Crippen molar-refractivity contribution in [2.75, 3.05) is 0 Å². The molecule has 1 aliphatic carbocycles. The highest BCUT2D eigenvalue weighted by molar-refractivity contribution is 5.68. The Labute approximate surface area is 146 Å². The zero-order valence-corrected chi connectivity index (χ0v) is 14.3. The Morgan fingerprint density at radius 1 is 0.500 bits per heavy atom. The molecule has 0 unspecified atom stereocenters. The average Bonchev–Trinajstić information content (AvgIpc) is 2.71. The summed E-state index contributed by atoms with van der Waals surface area (Å²) in [7, 11) is 0. The van der Waals surface area contributed by atoms with Crippen LogP contribution in [0.5, 0.6) is 0 Å². The lowest BCUT2D eigenvalue weighted by molar-refractivity contribution is 0.444. The number of rotatable bonds is 2. The topological polar surface area (TPSA) is 0 Å². The molecule has 0 aromatic heterocycles. The summed E-state index contributed by atoms with van der Waals surface area (Å²) in [6.45, 7) is 0. The van der Waals surface area contributed by atoms with Gasteiger partial charge in [-0.3, -0.25) is 0 Å². The van der Waals surface area contributed by atoms with Gasteiger partial charge in [-0.1, -0.05) is 110 Å². The van der Waals surface area contributed by atoms with E-state index < -0.39 is 0 Å². The molecule has 0 heterocycles. The van der Waals surface area contributed by atoms with Crippen LogP contribution in [-0.2, 0) is 0 Å². The molecule has 0 bridgehead atoms. The first kappa shape index (κ1) is 16.5. The summed E-state index contributed by atoms with van der Waals surface area (Å²) in [5.41, 5.74) is 4.35. The Kier molecular flexibility index (Phi) is 6.25. The summed E-state index contributed by atoms with van der Waals surface area (Å²) >= 11 is 0. The number of hydrogen-bond acceptors (Lipinski definition) is 0. The average molecular weight is 314 g/mol. The van der Waals surface area contributed by atoms with Crippen molar-refractivity contribution in [1.82, 2.24) is 0 Å². The molecular formula is C24H26. The van der Waals surface area contributed by atoms with Crippen LogP contribution in [0.2, 0.25) is 0 Å². The Morgan fingerprint density at radius 2 is 1.00 bits per heavy atom. The molecule has 0 N–H and O–H groups in total. The van der Waals surface area contributed by atoms with Crippen LogP contribution in [0.3, 0.4) is 0 Å². The second-order valence-corrected chi connectivity index (χ2v) is 6.44. The minimum Gasteiger partial charge on any atom is -0.0623 e. The van der Waals surface area contributed by atoms with Gasteiger partial charge < -0.3 is 0 Å². The highest BCUT2D eigenvalue weighted by Gasteiger charge is 2.18. The van der Waals surface area contributed by atoms with Gasteiger partial charge in [-0.15, -0.1) is 0 Å². The molecule has 0 spiro atoms. The van der Waals surface area contributed by atoms with Crippen LogP contribution in [0.1, 0.15) is 43.6 Å². The fourth-order valence-corrected chi connectivity index (χ4v) is 3.53. The van der Waals surface area contributed by atoms with Crippen molar-refractivity contribution in [3.05, 3.63) is 96.6 Å². The Bertz CT molecular complexity index is 668. The Hall–Kier alpha value is -2.34. The molecule has 0 aliphatic heterocycles. The van der Waals surface area contributed by atoms with Crippen LogP contribution < -0.4 is 0 Å². The second kappa shape index (κ2) is 9.08. The summed E-state index contributed by atoms with van der Waals surface area (Å²) in [6, 6.07) is 31.8. The van der Waals surface area contributed by atoms with Crippen LogP contribution in [0, 0.1) is 0 Å². The van der Waals surface area contributed by atoms with E-state index in [0.29, 0.717) is 0 Å². The normalized spacial score (nSPS) is 14.5. The second-order valence-electron chi connectivity index (χ2n) is 6.44. The van der Waals surface area contributed by atoms with Crippen molar-refractivity contribution in [3.8, 4) is 11.1 Å². The summed E-state index contributed by atoms with van der Waals surface area (Å²) in [4.78, 5) is 0. The van der Waals surface area contributed by atoms with E-state index in [4.69, 9.17) is 0 Å². The third-order valence-corrected chi connectivity index (χ3v) is 4.76. The van der Waals surface area contributed by atoms with E-state index >= 15 is 0 Å². The fraction of sp³-hybridized carbons (Fsp3) is 0.250. The van der Waals surface area contributed by atoms with Gasteiger partial charge in [-0.2, -0.15) is 0 Å². The highest BCUT2D eigenvalue weighted by atomic mass is 14.2. The molecule has 3 aromatic rings. The largest absolute Gasteiger partial charge is 0.0623 e. The van der Waals surface area contributed by atoms with Crippen LogP contribution >= 0.6 is 0 Å². The minimum atomic E-state index is 0.773. The van der Waals surface area contributed by atoms with E-state index in [1.165, 1.54) is 43.2 Å². The van der Waals surface area contributed by atoms with Gasteiger partial charge in [-0.25, -0.2) is 0 Å². The van der Waals surface area contributed by atoms with Crippen LogP contribution in [0.15, 0.2) is 91.0 Å². The number of hydrogen-bond donors (Lipinski definition) is 0. The zero-order valence-electron chi connectivity index (χ0n) is 14.3. The summed E-state index contributed by atoms with van der Waals surface area (Å²) in [6.07, 6.45) is 6.94. The van der Waals surface area contributed by atoms with Gasteiger partial charge in [0.1, 0.15) is 0 Å². The minimum absolute atomic E-state index is 0.773. The summed E-state index contributed by atoms with van der Waals surface area (Å²) < 4.78 is 0. The van der Waals surface area contributed by atoms with Crippen molar-refractivity contribution in [2.24, 2.45) is 0 Å². The Morgan fingerprint density at radius 3 is 1.62 bits per heavy atom. The van der Waals surface area contributed by atoms with E-state index in [0.717, 1.165) is 5.92 Å². The number of benzene rings is 3. The molecule has 0 saturated heterocycles. The molecule has 1 aliphatic rings. The summed E-state index contributed by atoms with van der Waals surface area (Å²) in [5, 5.41) is 0. The van der Waals surface area contributed by atoms with Crippen molar-refractivity contribution < 1.29 is 0 Å². The van der Waals surface area contributed by atoms with Crippen LogP contribution in [0.4, 0.5) is 0 Å². The van der Waals surface area contributed by atoms with E-state index in [1.54, 1.807) is 5.56 Å². The van der Waals surface area contributed by atoms with E-state index in [1.807, 2.05) is 36.4 Å². The van der Waals surface area contributed by atoms with Gasteiger partial charge in [0.15, 0.2) is 0 Å². The summed E-state index contributed by atoms with van der Waals surface area (Å²) in [5.74, 6) is 0.773. The predicted octanol–water partition coefficient (Wildman–Crippen LogP) is 7.09. The maximum Gasteiger partial charge on any atom is -0.0149 e. The van der Waals surface area contributed by atoms with Gasteiger partial charge in [-0.05, 0) is 35.4 Å². The van der Waals surface area contributed by atoms with Gasteiger partial charge in [0.05, 0.1) is 0 Å². The first-order chi connectivity index (χ1) is 11.9. The molecule has 1 saturated carbocycles. The molecule has 4 rings (SSSR count). The highest BCUT2D eigenvalue weighted by Crippen LogP contribution is 2.37. The van der Waals surface area contributed by atoms with E-state index in [2.05, 4.69) is 54.6 Å². The lowest BCUT2D eigenvalue weighted by Crippen LogP contribution is -2.05. The van der Waals surface area contributed by atoms with Gasteiger partial charge in [0, 0.05) is 0 Å². The monoisotopic (exact) mass is 314 g/mol.